The number of nitrogens with zero attached hydrogens (tertiary/aromatic N) is 2. The molecule has 0 saturated carbocycles. The van der Waals surface area contributed by atoms with Gasteiger partial charge >= 0.3 is 0 Å². The average Bonchev–Trinajstić information content (AvgIpc) is 3.89. The minimum atomic E-state index is 1.14. The standard InChI is InChI=1S/C48H30N2S3/c1-3-11-31(12-4-1)49(32-13-5-2-6-14-32)33-22-26-45-42(27-33)41-25-21-36(30-48(41)53-45)50(34-19-23-39-37-15-7-9-17-43(37)51-46(39)28-34)35-20-24-40-38-16-8-10-18-44(38)52-47(40)29-35/h1-30H. The molecule has 0 bridgehead atoms. The van der Waals surface area contributed by atoms with Gasteiger partial charge in [-0.05, 0) is 91.0 Å². The Hall–Kier alpha value is -5.98. The van der Waals surface area contributed by atoms with E-state index in [1.54, 1.807) is 0 Å². The van der Waals surface area contributed by atoms with Crippen molar-refractivity contribution in [3.63, 3.8) is 0 Å². The van der Waals surface area contributed by atoms with E-state index in [4.69, 9.17) is 0 Å². The molecule has 0 amide bonds. The lowest BCUT2D eigenvalue weighted by atomic mass is 10.1. The Bertz CT molecular complexity index is 2980. The van der Waals surface area contributed by atoms with Crippen LogP contribution in [-0.2, 0) is 0 Å². The lowest BCUT2D eigenvalue weighted by Gasteiger charge is -2.26. The second-order valence-electron chi connectivity index (χ2n) is 13.4. The third-order valence-corrected chi connectivity index (χ3v) is 13.6. The van der Waals surface area contributed by atoms with Crippen LogP contribution in [0.25, 0.3) is 60.5 Å². The molecule has 0 atom stereocenters. The summed E-state index contributed by atoms with van der Waals surface area (Å²) in [6.07, 6.45) is 0. The Morgan fingerprint density at radius 2 is 0.566 bits per heavy atom. The van der Waals surface area contributed by atoms with E-state index >= 15 is 0 Å². The monoisotopic (exact) mass is 730 g/mol. The highest BCUT2D eigenvalue weighted by Crippen LogP contribution is 2.46. The van der Waals surface area contributed by atoms with Gasteiger partial charge in [0.15, 0.2) is 0 Å². The molecule has 5 heteroatoms. The molecule has 2 nitrogen and oxygen atoms in total. The minimum absolute atomic E-state index is 1.14. The molecule has 11 rings (SSSR count). The van der Waals surface area contributed by atoms with Crippen molar-refractivity contribution < 1.29 is 0 Å². The fourth-order valence-electron chi connectivity index (χ4n) is 7.79. The van der Waals surface area contributed by atoms with Gasteiger partial charge in [0.2, 0.25) is 0 Å². The summed E-state index contributed by atoms with van der Waals surface area (Å²) in [5.74, 6) is 0. The van der Waals surface area contributed by atoms with Gasteiger partial charge in [0.05, 0.1) is 0 Å². The van der Waals surface area contributed by atoms with Crippen LogP contribution < -0.4 is 9.80 Å². The van der Waals surface area contributed by atoms with Crippen molar-refractivity contribution in [3.05, 3.63) is 182 Å². The zero-order chi connectivity index (χ0) is 34.9. The van der Waals surface area contributed by atoms with Gasteiger partial charge in [-0.15, -0.1) is 34.0 Å². The van der Waals surface area contributed by atoms with E-state index < -0.39 is 0 Å². The molecule has 0 fully saturated rings. The highest BCUT2D eigenvalue weighted by atomic mass is 32.1. The van der Waals surface area contributed by atoms with Gasteiger partial charge in [0.1, 0.15) is 0 Å². The Morgan fingerprint density at radius 1 is 0.226 bits per heavy atom. The first kappa shape index (κ1) is 30.6. The largest absolute Gasteiger partial charge is 0.310 e. The first-order chi connectivity index (χ1) is 26.2. The van der Waals surface area contributed by atoms with E-state index in [1.165, 1.54) is 60.5 Å². The molecule has 0 radical (unpaired) electrons. The quantitative estimate of drug-likeness (QED) is 0.168. The molecule has 8 aromatic carbocycles. The van der Waals surface area contributed by atoms with Crippen molar-refractivity contribution in [1.82, 2.24) is 0 Å². The van der Waals surface area contributed by atoms with Crippen LogP contribution in [0.2, 0.25) is 0 Å². The number of benzene rings is 8. The molecule has 0 aliphatic carbocycles. The summed E-state index contributed by atoms with van der Waals surface area (Å²) >= 11 is 5.60. The summed E-state index contributed by atoms with van der Waals surface area (Å²) in [4.78, 5) is 4.78. The molecule has 11 aromatic rings. The highest BCUT2D eigenvalue weighted by molar-refractivity contribution is 7.26. The fraction of sp³-hybridized carbons (Fsp3) is 0. The van der Waals surface area contributed by atoms with Gasteiger partial charge in [-0.2, -0.15) is 0 Å². The lowest BCUT2D eigenvalue weighted by molar-refractivity contribution is 1.29. The van der Waals surface area contributed by atoms with Gasteiger partial charge in [0, 0.05) is 94.6 Å². The molecule has 3 heterocycles. The van der Waals surface area contributed by atoms with Crippen molar-refractivity contribution in [2.24, 2.45) is 0 Å². The molecule has 0 unspecified atom stereocenters. The molecule has 0 saturated heterocycles. The summed E-state index contributed by atoms with van der Waals surface area (Å²) in [5, 5.41) is 7.81. The maximum absolute atomic E-state index is 2.44. The Kier molecular flexibility index (Phi) is 7.12. The molecule has 0 aliphatic heterocycles. The van der Waals surface area contributed by atoms with Crippen molar-refractivity contribution in [3.8, 4) is 0 Å². The van der Waals surface area contributed by atoms with E-state index in [9.17, 15) is 0 Å². The van der Waals surface area contributed by atoms with Crippen molar-refractivity contribution in [2.75, 3.05) is 9.80 Å². The zero-order valence-electron chi connectivity index (χ0n) is 28.4. The maximum Gasteiger partial charge on any atom is 0.0476 e. The van der Waals surface area contributed by atoms with E-state index in [-0.39, 0.29) is 0 Å². The maximum atomic E-state index is 2.44. The first-order valence-electron chi connectivity index (χ1n) is 17.7. The zero-order valence-corrected chi connectivity index (χ0v) is 30.9. The predicted molar refractivity (Wildman–Crippen MR) is 234 cm³/mol. The van der Waals surface area contributed by atoms with E-state index in [0.29, 0.717) is 0 Å². The molecular formula is C48H30N2S3. The van der Waals surface area contributed by atoms with Crippen LogP contribution in [0.3, 0.4) is 0 Å². The van der Waals surface area contributed by atoms with Crippen LogP contribution in [0.1, 0.15) is 0 Å². The smallest absolute Gasteiger partial charge is 0.0476 e. The number of anilines is 6. The van der Waals surface area contributed by atoms with Crippen molar-refractivity contribution >= 4 is 129 Å². The Morgan fingerprint density at radius 3 is 1.06 bits per heavy atom. The summed E-state index contributed by atoms with van der Waals surface area (Å²) in [5.41, 5.74) is 6.90. The fourth-order valence-corrected chi connectivity index (χ4v) is 11.2. The number of fused-ring (bicyclic) bond motifs is 9. The molecule has 53 heavy (non-hydrogen) atoms. The van der Waals surface area contributed by atoms with Gasteiger partial charge < -0.3 is 9.80 Å². The highest BCUT2D eigenvalue weighted by Gasteiger charge is 2.19. The van der Waals surface area contributed by atoms with Crippen LogP contribution in [-0.4, -0.2) is 0 Å². The summed E-state index contributed by atoms with van der Waals surface area (Å²) < 4.78 is 7.80. The molecule has 0 spiro atoms. The number of hydrogen-bond acceptors (Lipinski definition) is 5. The third kappa shape index (κ3) is 5.12. The normalized spacial score (nSPS) is 11.8. The number of para-hydroxylation sites is 2. The summed E-state index contributed by atoms with van der Waals surface area (Å²) in [6.45, 7) is 0. The Balaban J connectivity index is 1.07. The molecule has 0 aliphatic rings. The molecule has 3 aromatic heterocycles. The second kappa shape index (κ2) is 12.3. The predicted octanol–water partition coefficient (Wildman–Crippen LogP) is 15.7. The number of rotatable bonds is 6. The van der Waals surface area contributed by atoms with Gasteiger partial charge in [-0.3, -0.25) is 0 Å². The van der Waals surface area contributed by atoms with Crippen LogP contribution >= 0.6 is 34.0 Å². The van der Waals surface area contributed by atoms with E-state index in [2.05, 4.69) is 192 Å². The van der Waals surface area contributed by atoms with Gasteiger partial charge in [-0.1, -0.05) is 91.0 Å². The van der Waals surface area contributed by atoms with E-state index in [1.807, 2.05) is 34.0 Å². The van der Waals surface area contributed by atoms with E-state index in [0.717, 1.165) is 34.1 Å². The summed E-state index contributed by atoms with van der Waals surface area (Å²) in [7, 11) is 0. The minimum Gasteiger partial charge on any atom is -0.310 e. The Labute approximate surface area is 318 Å². The average molecular weight is 731 g/mol. The van der Waals surface area contributed by atoms with Crippen LogP contribution in [0.5, 0.6) is 0 Å². The summed E-state index contributed by atoms with van der Waals surface area (Å²) in [6, 6.07) is 66.6. The number of hydrogen-bond donors (Lipinski definition) is 0. The topological polar surface area (TPSA) is 6.48 Å². The van der Waals surface area contributed by atoms with Crippen LogP contribution in [0, 0.1) is 0 Å². The van der Waals surface area contributed by atoms with Crippen LogP contribution in [0.4, 0.5) is 34.1 Å². The van der Waals surface area contributed by atoms with Crippen molar-refractivity contribution in [2.45, 2.75) is 0 Å². The second-order valence-corrected chi connectivity index (χ2v) is 16.6. The third-order valence-electron chi connectivity index (χ3n) is 10.2. The lowest BCUT2D eigenvalue weighted by Crippen LogP contribution is -2.09. The number of thiophene rings is 3. The van der Waals surface area contributed by atoms with Crippen molar-refractivity contribution in [1.29, 1.82) is 0 Å². The first-order valence-corrected chi connectivity index (χ1v) is 20.2. The molecule has 0 N–H and O–H groups in total. The van der Waals surface area contributed by atoms with Gasteiger partial charge in [0.25, 0.3) is 0 Å². The molecule has 250 valence electrons. The molecular weight excluding hydrogens is 701 g/mol. The van der Waals surface area contributed by atoms with Crippen LogP contribution in [0.15, 0.2) is 182 Å². The SMILES string of the molecule is c1ccc(N(c2ccccc2)c2ccc3sc4cc(N(c5ccc6c(c5)sc5ccccc56)c5ccc6c(c5)sc5ccccc56)ccc4c3c2)cc1. The van der Waals surface area contributed by atoms with Gasteiger partial charge in [-0.25, -0.2) is 0 Å².